The molecule has 0 saturated heterocycles. The molecule has 0 radical (unpaired) electrons. The Balaban J connectivity index is 2.24. The van der Waals surface area contributed by atoms with Crippen LogP contribution in [0.3, 0.4) is 0 Å². The molecule has 0 aliphatic rings. The molecule has 0 spiro atoms. The lowest BCUT2D eigenvalue weighted by Crippen LogP contribution is -2.25. The first-order valence-electron chi connectivity index (χ1n) is 5.52. The number of carbonyl (C=O) groups is 2. The maximum absolute atomic E-state index is 11.3. The summed E-state index contributed by atoms with van der Waals surface area (Å²) in [5.41, 5.74) is 0.925. The van der Waals surface area contributed by atoms with Crippen molar-refractivity contribution in [3.05, 3.63) is 54.6 Å². The molecule has 4 nitrogen and oxygen atoms in total. The first-order chi connectivity index (χ1) is 8.72. The van der Waals surface area contributed by atoms with Gasteiger partial charge >= 0.3 is 5.97 Å². The highest BCUT2D eigenvalue weighted by Gasteiger charge is 1.97. The van der Waals surface area contributed by atoms with Crippen molar-refractivity contribution in [3.63, 3.8) is 0 Å². The van der Waals surface area contributed by atoms with Crippen LogP contribution in [0.2, 0.25) is 0 Å². The largest absolute Gasteiger partial charge is 0.461 e. The van der Waals surface area contributed by atoms with Crippen molar-refractivity contribution < 1.29 is 14.3 Å². The van der Waals surface area contributed by atoms with Crippen LogP contribution in [0.1, 0.15) is 5.56 Å². The van der Waals surface area contributed by atoms with Crippen LogP contribution in [0.15, 0.2) is 49.1 Å². The highest BCUT2D eigenvalue weighted by Crippen LogP contribution is 2.00. The summed E-state index contributed by atoms with van der Waals surface area (Å²) in [5.74, 6) is -0.724. The first-order valence-corrected chi connectivity index (χ1v) is 5.52. The van der Waals surface area contributed by atoms with Gasteiger partial charge in [0.2, 0.25) is 5.91 Å². The lowest BCUT2D eigenvalue weighted by Gasteiger charge is -2.02. The van der Waals surface area contributed by atoms with E-state index in [1.54, 1.807) is 6.08 Å². The van der Waals surface area contributed by atoms with Gasteiger partial charge in [-0.15, -0.1) is 0 Å². The standard InChI is InChI=1S/C14H15NO3/c1-2-13(16)15-10-11-18-14(17)9-8-12-6-4-3-5-7-12/h2-9H,1,10-11H2,(H,15,16). The smallest absolute Gasteiger partial charge is 0.330 e. The summed E-state index contributed by atoms with van der Waals surface area (Å²) in [4.78, 5) is 22.1. The molecular weight excluding hydrogens is 230 g/mol. The summed E-state index contributed by atoms with van der Waals surface area (Å²) in [6.07, 6.45) is 4.19. The van der Waals surface area contributed by atoms with Gasteiger partial charge in [0.05, 0.1) is 6.54 Å². The van der Waals surface area contributed by atoms with Gasteiger partial charge in [0.1, 0.15) is 6.61 Å². The molecule has 0 aromatic heterocycles. The predicted octanol–water partition coefficient (Wildman–Crippen LogP) is 1.55. The van der Waals surface area contributed by atoms with Crippen molar-refractivity contribution in [3.8, 4) is 0 Å². The molecule has 0 heterocycles. The maximum Gasteiger partial charge on any atom is 0.330 e. The van der Waals surface area contributed by atoms with Crippen LogP contribution in [0.5, 0.6) is 0 Å². The van der Waals surface area contributed by atoms with Gasteiger partial charge in [0.15, 0.2) is 0 Å². The number of carbonyl (C=O) groups excluding carboxylic acids is 2. The summed E-state index contributed by atoms with van der Waals surface area (Å²) >= 11 is 0. The Morgan fingerprint density at radius 3 is 2.67 bits per heavy atom. The number of amides is 1. The molecule has 4 heteroatoms. The van der Waals surface area contributed by atoms with E-state index >= 15 is 0 Å². The summed E-state index contributed by atoms with van der Waals surface area (Å²) in [7, 11) is 0. The van der Waals surface area contributed by atoms with E-state index < -0.39 is 5.97 Å². The fourth-order valence-corrected chi connectivity index (χ4v) is 1.17. The second-order valence-electron chi connectivity index (χ2n) is 3.41. The second kappa shape index (κ2) is 7.84. The molecule has 0 aliphatic carbocycles. The van der Waals surface area contributed by atoms with Gasteiger partial charge in [-0.05, 0) is 17.7 Å². The average molecular weight is 245 g/mol. The predicted molar refractivity (Wildman–Crippen MR) is 69.6 cm³/mol. The topological polar surface area (TPSA) is 55.4 Å². The molecule has 1 N–H and O–H groups in total. The number of hydrogen-bond acceptors (Lipinski definition) is 3. The van der Waals surface area contributed by atoms with Crippen LogP contribution in [0, 0.1) is 0 Å². The van der Waals surface area contributed by atoms with Gasteiger partial charge in [0, 0.05) is 6.08 Å². The summed E-state index contributed by atoms with van der Waals surface area (Å²) in [6, 6.07) is 9.44. The SMILES string of the molecule is C=CC(=O)NCCOC(=O)C=Cc1ccccc1. The minimum Gasteiger partial charge on any atom is -0.461 e. The monoisotopic (exact) mass is 245 g/mol. The van der Waals surface area contributed by atoms with E-state index in [4.69, 9.17) is 4.74 Å². The van der Waals surface area contributed by atoms with Crippen LogP contribution < -0.4 is 5.32 Å². The van der Waals surface area contributed by atoms with Gasteiger partial charge in [-0.25, -0.2) is 4.79 Å². The highest BCUT2D eigenvalue weighted by molar-refractivity contribution is 5.87. The Labute approximate surface area is 106 Å². The summed E-state index contributed by atoms with van der Waals surface area (Å²) < 4.78 is 4.88. The van der Waals surface area contributed by atoms with Crippen molar-refractivity contribution in [2.24, 2.45) is 0 Å². The van der Waals surface area contributed by atoms with Crippen molar-refractivity contribution in [2.75, 3.05) is 13.2 Å². The molecule has 1 aromatic rings. The van der Waals surface area contributed by atoms with Crippen molar-refractivity contribution in [2.45, 2.75) is 0 Å². The van der Waals surface area contributed by atoms with E-state index in [9.17, 15) is 9.59 Å². The Kier molecular flexibility index (Phi) is 5.97. The van der Waals surface area contributed by atoms with Crippen molar-refractivity contribution in [1.82, 2.24) is 5.32 Å². The van der Waals surface area contributed by atoms with Crippen LogP contribution >= 0.6 is 0 Å². The van der Waals surface area contributed by atoms with Gasteiger partial charge < -0.3 is 10.1 Å². The average Bonchev–Trinajstić information content (AvgIpc) is 2.42. The molecule has 0 aliphatic heterocycles. The molecular formula is C14H15NO3. The molecule has 1 rings (SSSR count). The van der Waals surface area contributed by atoms with E-state index in [0.29, 0.717) is 0 Å². The maximum atomic E-state index is 11.3. The van der Waals surface area contributed by atoms with E-state index in [-0.39, 0.29) is 19.1 Å². The van der Waals surface area contributed by atoms with Gasteiger partial charge in [-0.3, -0.25) is 4.79 Å². The van der Waals surface area contributed by atoms with Crippen LogP contribution in [0.4, 0.5) is 0 Å². The number of hydrogen-bond donors (Lipinski definition) is 1. The molecule has 94 valence electrons. The zero-order valence-electron chi connectivity index (χ0n) is 9.96. The first kappa shape index (κ1) is 13.7. The molecule has 0 saturated carbocycles. The molecule has 0 unspecified atom stereocenters. The molecule has 1 amide bonds. The third-order valence-electron chi connectivity index (χ3n) is 2.04. The normalized spacial score (nSPS) is 10.0. The van der Waals surface area contributed by atoms with Gasteiger partial charge in [0.25, 0.3) is 0 Å². The third kappa shape index (κ3) is 5.65. The quantitative estimate of drug-likeness (QED) is 0.470. The third-order valence-corrected chi connectivity index (χ3v) is 2.04. The Hall–Kier alpha value is -2.36. The Morgan fingerprint density at radius 1 is 1.28 bits per heavy atom. The van der Waals surface area contributed by atoms with Gasteiger partial charge in [-0.2, -0.15) is 0 Å². The van der Waals surface area contributed by atoms with E-state index in [0.717, 1.165) is 11.6 Å². The van der Waals surface area contributed by atoms with Crippen LogP contribution in [-0.4, -0.2) is 25.0 Å². The zero-order chi connectivity index (χ0) is 13.2. The minimum absolute atomic E-state index is 0.136. The zero-order valence-corrected chi connectivity index (χ0v) is 9.96. The highest BCUT2D eigenvalue weighted by atomic mass is 16.5. The lowest BCUT2D eigenvalue weighted by atomic mass is 10.2. The molecule has 0 bridgehead atoms. The van der Waals surface area contributed by atoms with Crippen LogP contribution in [-0.2, 0) is 14.3 Å². The minimum atomic E-state index is -0.438. The van der Waals surface area contributed by atoms with Crippen molar-refractivity contribution in [1.29, 1.82) is 0 Å². The lowest BCUT2D eigenvalue weighted by molar-refractivity contribution is -0.137. The fourth-order valence-electron chi connectivity index (χ4n) is 1.17. The summed E-state index contributed by atoms with van der Waals surface area (Å²) in [5, 5.41) is 2.50. The van der Waals surface area contributed by atoms with Crippen LogP contribution in [0.25, 0.3) is 6.08 Å². The number of ether oxygens (including phenoxy) is 1. The molecule has 18 heavy (non-hydrogen) atoms. The second-order valence-corrected chi connectivity index (χ2v) is 3.41. The molecule has 0 atom stereocenters. The number of benzene rings is 1. The molecule has 0 fully saturated rings. The number of rotatable bonds is 6. The van der Waals surface area contributed by atoms with E-state index in [1.807, 2.05) is 30.3 Å². The number of esters is 1. The molecule has 1 aromatic carbocycles. The van der Waals surface area contributed by atoms with Gasteiger partial charge in [-0.1, -0.05) is 36.9 Å². The van der Waals surface area contributed by atoms with E-state index in [1.165, 1.54) is 6.08 Å². The Morgan fingerprint density at radius 2 is 2.00 bits per heavy atom. The Bertz CT molecular complexity index is 438. The van der Waals surface area contributed by atoms with E-state index in [2.05, 4.69) is 11.9 Å². The summed E-state index contributed by atoms with van der Waals surface area (Å²) in [6.45, 7) is 3.72. The fraction of sp³-hybridized carbons (Fsp3) is 0.143. The number of nitrogens with one attached hydrogen (secondary N) is 1. The van der Waals surface area contributed by atoms with Crippen molar-refractivity contribution >= 4 is 18.0 Å².